The first-order valence-electron chi connectivity index (χ1n) is 11.1. The molecule has 2 aromatic rings. The summed E-state index contributed by atoms with van der Waals surface area (Å²) in [5.74, 6) is 2.70. The maximum atomic E-state index is 5.71. The molecule has 1 unspecified atom stereocenters. The lowest BCUT2D eigenvalue weighted by molar-refractivity contribution is 0.143. The van der Waals surface area contributed by atoms with Gasteiger partial charge in [-0.2, -0.15) is 0 Å². The molecular formula is C21H31N7S. The monoisotopic (exact) mass is 413 g/mol. The van der Waals surface area contributed by atoms with Gasteiger partial charge < -0.3 is 16.0 Å². The molecule has 3 aliphatic rings. The highest BCUT2D eigenvalue weighted by Gasteiger charge is 2.45. The van der Waals surface area contributed by atoms with Crippen molar-refractivity contribution in [2.45, 2.75) is 69.6 Å². The first-order chi connectivity index (χ1) is 14.2. The van der Waals surface area contributed by atoms with E-state index in [0.717, 1.165) is 36.0 Å². The van der Waals surface area contributed by atoms with Gasteiger partial charge in [0.2, 0.25) is 5.13 Å². The molecule has 0 amide bonds. The Morgan fingerprint density at radius 2 is 2.14 bits per heavy atom. The molecule has 7 nitrogen and oxygen atoms in total. The number of fused-ring (bicyclic) bond motifs is 2. The van der Waals surface area contributed by atoms with Crippen molar-refractivity contribution >= 4 is 22.3 Å². The number of likely N-dealkylation sites (tertiary alicyclic amines) is 1. The van der Waals surface area contributed by atoms with Gasteiger partial charge in [-0.25, -0.2) is 9.97 Å². The van der Waals surface area contributed by atoms with E-state index < -0.39 is 0 Å². The Hall–Kier alpha value is -1.80. The minimum atomic E-state index is 0.236. The highest BCUT2D eigenvalue weighted by molar-refractivity contribution is 7.15. The fourth-order valence-electron chi connectivity index (χ4n) is 5.12. The molecule has 156 valence electrons. The number of nitrogens with one attached hydrogen (secondary N) is 1. The zero-order valence-electron chi connectivity index (χ0n) is 17.3. The summed E-state index contributed by atoms with van der Waals surface area (Å²) >= 11 is 1.47. The van der Waals surface area contributed by atoms with Crippen molar-refractivity contribution in [1.82, 2.24) is 25.1 Å². The van der Waals surface area contributed by atoms with Crippen LogP contribution in [0, 0.1) is 0 Å². The van der Waals surface area contributed by atoms with Crippen molar-refractivity contribution in [2.75, 3.05) is 37.2 Å². The third-order valence-corrected chi connectivity index (χ3v) is 7.44. The number of nitrogens with zero attached hydrogens (tertiary/aromatic N) is 5. The Balaban J connectivity index is 1.40. The van der Waals surface area contributed by atoms with Crippen molar-refractivity contribution in [3.63, 3.8) is 0 Å². The van der Waals surface area contributed by atoms with Crippen LogP contribution < -0.4 is 11.1 Å². The third-order valence-electron chi connectivity index (χ3n) is 6.63. The average Bonchev–Trinajstić information content (AvgIpc) is 3.41. The zero-order valence-corrected chi connectivity index (χ0v) is 18.1. The van der Waals surface area contributed by atoms with Gasteiger partial charge in [0.05, 0.1) is 5.69 Å². The van der Waals surface area contributed by atoms with Crippen molar-refractivity contribution in [3.8, 4) is 0 Å². The van der Waals surface area contributed by atoms with E-state index in [2.05, 4.69) is 27.3 Å². The van der Waals surface area contributed by atoms with Gasteiger partial charge in [0.25, 0.3) is 0 Å². The molecule has 29 heavy (non-hydrogen) atoms. The molecule has 3 heterocycles. The lowest BCUT2D eigenvalue weighted by Crippen LogP contribution is -2.45. The van der Waals surface area contributed by atoms with E-state index >= 15 is 0 Å². The molecule has 2 fully saturated rings. The summed E-state index contributed by atoms with van der Waals surface area (Å²) in [5, 5.41) is 13.2. The Kier molecular flexibility index (Phi) is 5.16. The van der Waals surface area contributed by atoms with Gasteiger partial charge >= 0.3 is 0 Å². The molecule has 1 spiro atoms. The minimum absolute atomic E-state index is 0.236. The molecule has 0 aromatic carbocycles. The molecule has 1 aliphatic heterocycles. The molecule has 1 saturated heterocycles. The number of piperidine rings is 1. The summed E-state index contributed by atoms with van der Waals surface area (Å²) in [4.78, 5) is 12.8. The summed E-state index contributed by atoms with van der Waals surface area (Å²) in [5.41, 5.74) is 8.67. The molecule has 2 aromatic heterocycles. The Labute approximate surface area is 176 Å². The van der Waals surface area contributed by atoms with Crippen LogP contribution in [0.1, 0.15) is 73.5 Å². The number of anilines is 2. The van der Waals surface area contributed by atoms with E-state index in [9.17, 15) is 0 Å². The Bertz CT molecular complexity index is 876. The van der Waals surface area contributed by atoms with Crippen LogP contribution in [0.4, 0.5) is 10.9 Å². The van der Waals surface area contributed by atoms with Crippen LogP contribution in [0.15, 0.2) is 0 Å². The highest BCUT2D eigenvalue weighted by Crippen LogP contribution is 2.48. The maximum Gasteiger partial charge on any atom is 0.203 e. The fraction of sp³-hybridized carbons (Fsp3) is 0.714. The minimum Gasteiger partial charge on any atom is -0.374 e. The summed E-state index contributed by atoms with van der Waals surface area (Å²) in [7, 11) is 0. The number of nitrogen functional groups attached to an aromatic ring is 1. The quantitative estimate of drug-likeness (QED) is 0.720. The maximum absolute atomic E-state index is 5.71. The number of rotatable bonds is 7. The molecule has 0 radical (unpaired) electrons. The van der Waals surface area contributed by atoms with Gasteiger partial charge in [-0.1, -0.05) is 18.3 Å². The third kappa shape index (κ3) is 3.84. The Morgan fingerprint density at radius 3 is 2.90 bits per heavy atom. The van der Waals surface area contributed by atoms with Gasteiger partial charge in [0.1, 0.15) is 16.6 Å². The second-order valence-corrected chi connectivity index (χ2v) is 10.00. The second-order valence-electron chi connectivity index (χ2n) is 8.90. The van der Waals surface area contributed by atoms with E-state index in [-0.39, 0.29) is 5.41 Å². The van der Waals surface area contributed by atoms with Crippen molar-refractivity contribution in [3.05, 3.63) is 22.1 Å². The van der Waals surface area contributed by atoms with Crippen molar-refractivity contribution in [2.24, 2.45) is 0 Å². The predicted molar refractivity (Wildman–Crippen MR) is 116 cm³/mol. The summed E-state index contributed by atoms with van der Waals surface area (Å²) in [6.45, 7) is 6.69. The Morgan fingerprint density at radius 1 is 1.24 bits per heavy atom. The topological polar surface area (TPSA) is 92.8 Å². The smallest absolute Gasteiger partial charge is 0.203 e. The molecule has 2 aliphatic carbocycles. The average molecular weight is 414 g/mol. The lowest BCUT2D eigenvalue weighted by Gasteiger charge is -2.40. The molecule has 1 saturated carbocycles. The van der Waals surface area contributed by atoms with E-state index in [1.54, 1.807) is 0 Å². The summed E-state index contributed by atoms with van der Waals surface area (Å²) in [6.07, 6.45) is 9.37. The van der Waals surface area contributed by atoms with Crippen LogP contribution in [0.5, 0.6) is 0 Å². The van der Waals surface area contributed by atoms with E-state index in [0.29, 0.717) is 11.0 Å². The van der Waals surface area contributed by atoms with Gasteiger partial charge in [-0.05, 0) is 58.0 Å². The van der Waals surface area contributed by atoms with Crippen LogP contribution in [0.25, 0.3) is 0 Å². The van der Waals surface area contributed by atoms with Crippen LogP contribution in [0.2, 0.25) is 0 Å². The lowest BCUT2D eigenvalue weighted by atomic mass is 9.77. The van der Waals surface area contributed by atoms with E-state index in [4.69, 9.17) is 15.7 Å². The van der Waals surface area contributed by atoms with Gasteiger partial charge in [-0.15, -0.1) is 10.2 Å². The van der Waals surface area contributed by atoms with Crippen LogP contribution in [-0.4, -0.2) is 51.2 Å². The summed E-state index contributed by atoms with van der Waals surface area (Å²) in [6, 6.07) is 0. The normalized spacial score (nSPS) is 24.2. The number of hydrogen-bond acceptors (Lipinski definition) is 8. The molecule has 0 bridgehead atoms. The largest absolute Gasteiger partial charge is 0.374 e. The van der Waals surface area contributed by atoms with Crippen LogP contribution >= 0.6 is 11.3 Å². The number of aromatic nitrogens is 4. The van der Waals surface area contributed by atoms with Crippen LogP contribution in [0.3, 0.4) is 0 Å². The van der Waals surface area contributed by atoms with Crippen molar-refractivity contribution in [1.29, 1.82) is 0 Å². The van der Waals surface area contributed by atoms with E-state index in [1.165, 1.54) is 80.8 Å². The molecule has 8 heteroatoms. The highest BCUT2D eigenvalue weighted by atomic mass is 32.1. The standard InChI is InChI=1S/C21H31N7S/c1-2-11-28-12-3-8-21(13-28)9-6-15-17(21)24-18(14-4-5-14)25-19(15)23-10-7-16-26-27-20(22)29-16/h14H,2-13H2,1H3,(H2,22,27)(H,23,24,25). The number of nitrogens with two attached hydrogens (primary N) is 1. The fourth-order valence-corrected chi connectivity index (χ4v) is 5.73. The first-order valence-corrected chi connectivity index (χ1v) is 11.9. The zero-order chi connectivity index (χ0) is 19.8. The van der Waals surface area contributed by atoms with Gasteiger partial charge in [0.15, 0.2) is 0 Å². The second kappa shape index (κ2) is 7.80. The van der Waals surface area contributed by atoms with E-state index in [1.807, 2.05) is 0 Å². The molecule has 1 atom stereocenters. The number of hydrogen-bond donors (Lipinski definition) is 2. The first kappa shape index (κ1) is 19.2. The van der Waals surface area contributed by atoms with Gasteiger partial charge in [-0.3, -0.25) is 0 Å². The van der Waals surface area contributed by atoms with Crippen molar-refractivity contribution < 1.29 is 0 Å². The summed E-state index contributed by atoms with van der Waals surface area (Å²) < 4.78 is 0. The molecular weight excluding hydrogens is 382 g/mol. The predicted octanol–water partition coefficient (Wildman–Crippen LogP) is 3.13. The SMILES string of the molecule is CCCN1CCCC2(CCc3c(NCCc4nnc(N)s4)nc(C4CC4)nc32)C1. The molecule has 3 N–H and O–H groups in total. The van der Waals surface area contributed by atoms with Gasteiger partial charge in [0, 0.05) is 36.4 Å². The van der Waals surface area contributed by atoms with Crippen LogP contribution in [-0.2, 0) is 18.3 Å². The molecule has 5 rings (SSSR count).